The van der Waals surface area contributed by atoms with E-state index in [4.69, 9.17) is 0 Å². The average molecular weight is 347 g/mol. The van der Waals surface area contributed by atoms with E-state index in [1.807, 2.05) is 46.0 Å². The van der Waals surface area contributed by atoms with Crippen LogP contribution in [0.25, 0.3) is 0 Å². The van der Waals surface area contributed by atoms with E-state index in [2.05, 4.69) is 14.3 Å². The molecule has 1 aromatic heterocycles. The van der Waals surface area contributed by atoms with Gasteiger partial charge in [-0.05, 0) is 51.7 Å². The number of aromatic nitrogens is 2. The number of imidazole rings is 1. The molecule has 1 N–H and O–H groups in total. The minimum atomic E-state index is -3.51. The standard InChI is InChI=1S/C18H25N3O2S/c1-12-9-13(2)17(14(3)10-12)24(22,23)20-7-8-21-15(4)11-19-18(21)16-5-6-16/h9-11,16,20H,5-8H2,1-4H3. The molecule has 1 aliphatic carbocycles. The fourth-order valence-electron chi connectivity index (χ4n) is 3.39. The van der Waals surface area contributed by atoms with Gasteiger partial charge in [0.05, 0.1) is 4.90 Å². The predicted molar refractivity (Wildman–Crippen MR) is 94.8 cm³/mol. The zero-order valence-electron chi connectivity index (χ0n) is 14.8. The molecule has 0 unspecified atom stereocenters. The van der Waals surface area contributed by atoms with Crippen molar-refractivity contribution in [2.45, 2.75) is 57.9 Å². The van der Waals surface area contributed by atoms with Gasteiger partial charge in [0, 0.05) is 30.9 Å². The molecule has 1 aliphatic rings. The van der Waals surface area contributed by atoms with Gasteiger partial charge in [0.25, 0.3) is 0 Å². The van der Waals surface area contributed by atoms with Crippen molar-refractivity contribution < 1.29 is 8.42 Å². The van der Waals surface area contributed by atoms with Crippen molar-refractivity contribution in [3.05, 3.63) is 46.5 Å². The molecule has 2 aromatic rings. The first-order valence-corrected chi connectivity index (χ1v) is 9.87. The highest BCUT2D eigenvalue weighted by Gasteiger charge is 2.28. The topological polar surface area (TPSA) is 64.0 Å². The smallest absolute Gasteiger partial charge is 0.241 e. The molecule has 1 fully saturated rings. The van der Waals surface area contributed by atoms with Gasteiger partial charge < -0.3 is 4.57 Å². The lowest BCUT2D eigenvalue weighted by molar-refractivity contribution is 0.565. The van der Waals surface area contributed by atoms with Gasteiger partial charge in [0.15, 0.2) is 0 Å². The normalized spacial score (nSPS) is 15.0. The fraction of sp³-hybridized carbons (Fsp3) is 0.500. The number of rotatable bonds is 6. The van der Waals surface area contributed by atoms with Crippen LogP contribution in [0.4, 0.5) is 0 Å². The van der Waals surface area contributed by atoms with Crippen LogP contribution in [0, 0.1) is 27.7 Å². The highest BCUT2D eigenvalue weighted by atomic mass is 32.2. The molecule has 3 rings (SSSR count). The minimum Gasteiger partial charge on any atom is -0.331 e. The lowest BCUT2D eigenvalue weighted by Crippen LogP contribution is -2.29. The average Bonchev–Trinajstić information content (AvgIpc) is 3.23. The Balaban J connectivity index is 1.74. The lowest BCUT2D eigenvalue weighted by Gasteiger charge is -2.14. The van der Waals surface area contributed by atoms with Crippen molar-refractivity contribution in [1.29, 1.82) is 0 Å². The van der Waals surface area contributed by atoms with Crippen molar-refractivity contribution in [3.63, 3.8) is 0 Å². The summed E-state index contributed by atoms with van der Waals surface area (Å²) >= 11 is 0. The highest BCUT2D eigenvalue weighted by molar-refractivity contribution is 7.89. The number of sulfonamides is 1. The van der Waals surface area contributed by atoms with Crippen LogP contribution >= 0.6 is 0 Å². The summed E-state index contributed by atoms with van der Waals surface area (Å²) in [5.41, 5.74) is 3.74. The zero-order valence-corrected chi connectivity index (χ0v) is 15.6. The Bertz CT molecular complexity index is 841. The number of benzene rings is 1. The number of aryl methyl sites for hydroxylation is 4. The van der Waals surface area contributed by atoms with Crippen LogP contribution in [-0.2, 0) is 16.6 Å². The Hall–Kier alpha value is -1.66. The van der Waals surface area contributed by atoms with Crippen molar-refractivity contribution in [2.24, 2.45) is 0 Å². The second kappa shape index (κ2) is 6.33. The SMILES string of the molecule is Cc1cc(C)c(S(=O)(=O)NCCn2c(C)cnc2C2CC2)c(C)c1. The Morgan fingerprint density at radius 3 is 2.38 bits per heavy atom. The zero-order chi connectivity index (χ0) is 17.5. The maximum atomic E-state index is 12.7. The molecule has 130 valence electrons. The van der Waals surface area contributed by atoms with Gasteiger partial charge in [0.1, 0.15) is 5.82 Å². The summed E-state index contributed by atoms with van der Waals surface area (Å²) < 4.78 is 30.3. The summed E-state index contributed by atoms with van der Waals surface area (Å²) in [7, 11) is -3.51. The first kappa shape index (κ1) is 17.2. The number of nitrogens with zero attached hydrogens (tertiary/aromatic N) is 2. The molecule has 0 amide bonds. The van der Waals surface area contributed by atoms with E-state index in [-0.39, 0.29) is 0 Å². The summed E-state index contributed by atoms with van der Waals surface area (Å²) in [5.74, 6) is 1.64. The van der Waals surface area contributed by atoms with E-state index in [9.17, 15) is 8.42 Å². The summed E-state index contributed by atoms with van der Waals surface area (Å²) in [5, 5.41) is 0. The van der Waals surface area contributed by atoms with E-state index in [1.165, 1.54) is 12.8 Å². The minimum absolute atomic E-state index is 0.367. The van der Waals surface area contributed by atoms with Crippen molar-refractivity contribution >= 4 is 10.0 Å². The van der Waals surface area contributed by atoms with Crippen molar-refractivity contribution in [1.82, 2.24) is 14.3 Å². The first-order valence-electron chi connectivity index (χ1n) is 8.39. The van der Waals surface area contributed by atoms with Crippen LogP contribution in [0.3, 0.4) is 0 Å². The number of nitrogens with one attached hydrogen (secondary N) is 1. The van der Waals surface area contributed by atoms with Gasteiger partial charge >= 0.3 is 0 Å². The van der Waals surface area contributed by atoms with Crippen molar-refractivity contribution in [2.75, 3.05) is 6.54 Å². The summed E-state index contributed by atoms with van der Waals surface area (Å²) in [6, 6.07) is 3.82. The maximum Gasteiger partial charge on any atom is 0.241 e. The third-order valence-corrected chi connectivity index (χ3v) is 6.29. The lowest BCUT2D eigenvalue weighted by atomic mass is 10.1. The molecule has 0 bridgehead atoms. The van der Waals surface area contributed by atoms with Crippen LogP contribution < -0.4 is 4.72 Å². The maximum absolute atomic E-state index is 12.7. The third-order valence-electron chi connectivity index (χ3n) is 4.53. The summed E-state index contributed by atoms with van der Waals surface area (Å²) in [4.78, 5) is 4.88. The van der Waals surface area contributed by atoms with Gasteiger partial charge in [0.2, 0.25) is 10.0 Å². The Kier molecular flexibility index (Phi) is 4.53. The molecular formula is C18H25N3O2S. The molecule has 0 atom stereocenters. The summed E-state index contributed by atoms with van der Waals surface area (Å²) in [6.07, 6.45) is 4.24. The van der Waals surface area contributed by atoms with Crippen LogP contribution in [0.2, 0.25) is 0 Å². The molecule has 0 saturated heterocycles. The van der Waals surface area contributed by atoms with E-state index in [0.29, 0.717) is 23.9 Å². The van der Waals surface area contributed by atoms with Crippen LogP contribution in [-0.4, -0.2) is 24.5 Å². The van der Waals surface area contributed by atoms with Gasteiger partial charge in [-0.25, -0.2) is 18.1 Å². The molecule has 0 radical (unpaired) electrons. The van der Waals surface area contributed by atoms with Gasteiger partial charge in [-0.3, -0.25) is 0 Å². The summed E-state index contributed by atoms with van der Waals surface area (Å²) in [6.45, 7) is 8.67. The Morgan fingerprint density at radius 1 is 1.17 bits per heavy atom. The van der Waals surface area contributed by atoms with Gasteiger partial charge in [-0.15, -0.1) is 0 Å². The van der Waals surface area contributed by atoms with Crippen LogP contribution in [0.5, 0.6) is 0 Å². The third kappa shape index (κ3) is 3.39. The Morgan fingerprint density at radius 2 is 1.79 bits per heavy atom. The predicted octanol–water partition coefficient (Wildman–Crippen LogP) is 2.97. The number of hydrogen-bond donors (Lipinski definition) is 1. The van der Waals surface area contributed by atoms with Crippen LogP contribution in [0.1, 0.15) is 47.0 Å². The molecular weight excluding hydrogens is 322 g/mol. The van der Waals surface area contributed by atoms with Crippen molar-refractivity contribution in [3.8, 4) is 0 Å². The van der Waals surface area contributed by atoms with Gasteiger partial charge in [-0.2, -0.15) is 0 Å². The first-order chi connectivity index (χ1) is 11.3. The largest absolute Gasteiger partial charge is 0.331 e. The molecule has 1 aromatic carbocycles. The fourth-order valence-corrected chi connectivity index (χ4v) is 4.86. The van der Waals surface area contributed by atoms with Gasteiger partial charge in [-0.1, -0.05) is 17.7 Å². The van der Waals surface area contributed by atoms with E-state index >= 15 is 0 Å². The monoisotopic (exact) mass is 347 g/mol. The highest BCUT2D eigenvalue weighted by Crippen LogP contribution is 2.39. The van der Waals surface area contributed by atoms with E-state index in [0.717, 1.165) is 28.2 Å². The Labute approximate surface area is 144 Å². The van der Waals surface area contributed by atoms with E-state index < -0.39 is 10.0 Å². The molecule has 0 aliphatic heterocycles. The quantitative estimate of drug-likeness (QED) is 0.874. The molecule has 0 spiro atoms. The van der Waals surface area contributed by atoms with Crippen LogP contribution in [0.15, 0.2) is 23.2 Å². The molecule has 5 nitrogen and oxygen atoms in total. The molecule has 1 heterocycles. The number of hydrogen-bond acceptors (Lipinski definition) is 3. The molecule has 6 heteroatoms. The molecule has 1 saturated carbocycles. The van der Waals surface area contributed by atoms with E-state index in [1.54, 1.807) is 0 Å². The molecule has 24 heavy (non-hydrogen) atoms. The second-order valence-electron chi connectivity index (χ2n) is 6.81. The second-order valence-corrected chi connectivity index (χ2v) is 8.51.